The number of amides is 1. The predicted molar refractivity (Wildman–Crippen MR) is 45.8 cm³/mol. The number of hydrogen-bond donors (Lipinski definition) is 1. The first-order chi connectivity index (χ1) is 4.79. The van der Waals surface area contributed by atoms with E-state index in [1.807, 2.05) is 6.07 Å². The lowest BCUT2D eigenvalue weighted by atomic mass is 10.4. The summed E-state index contributed by atoms with van der Waals surface area (Å²) >= 11 is 0. The second kappa shape index (κ2) is 4.68. The SMILES string of the molecule is CC(=O)Nc1ccccn1.Cl. The first-order valence-corrected chi connectivity index (χ1v) is 2.97. The molecule has 1 aromatic heterocycles. The predicted octanol–water partition coefficient (Wildman–Crippen LogP) is 1.46. The van der Waals surface area contributed by atoms with Gasteiger partial charge >= 0.3 is 0 Å². The highest BCUT2D eigenvalue weighted by Crippen LogP contribution is 1.97. The molecule has 1 aromatic rings. The van der Waals surface area contributed by atoms with Crippen molar-refractivity contribution < 1.29 is 4.79 Å². The Kier molecular flexibility index (Phi) is 4.22. The molecule has 0 fully saturated rings. The smallest absolute Gasteiger partial charge is 0.222 e. The Bertz CT molecular complexity index is 225. The summed E-state index contributed by atoms with van der Waals surface area (Å²) in [6.07, 6.45) is 1.63. The van der Waals surface area contributed by atoms with Gasteiger partial charge in [-0.05, 0) is 12.1 Å². The van der Waals surface area contributed by atoms with Gasteiger partial charge in [0.15, 0.2) is 0 Å². The summed E-state index contributed by atoms with van der Waals surface area (Å²) in [7, 11) is 0. The van der Waals surface area contributed by atoms with E-state index < -0.39 is 0 Å². The summed E-state index contributed by atoms with van der Waals surface area (Å²) in [4.78, 5) is 14.3. The molecule has 0 saturated carbocycles. The third-order valence-corrected chi connectivity index (χ3v) is 0.969. The summed E-state index contributed by atoms with van der Waals surface area (Å²) in [6.45, 7) is 1.45. The molecule has 1 heterocycles. The van der Waals surface area contributed by atoms with Gasteiger partial charge in [0.1, 0.15) is 5.82 Å². The molecule has 0 aliphatic carbocycles. The number of nitrogens with zero attached hydrogens (tertiary/aromatic N) is 1. The highest BCUT2D eigenvalue weighted by molar-refractivity contribution is 5.87. The van der Waals surface area contributed by atoms with Crippen molar-refractivity contribution in [1.82, 2.24) is 4.98 Å². The van der Waals surface area contributed by atoms with E-state index in [0.717, 1.165) is 0 Å². The van der Waals surface area contributed by atoms with E-state index in [2.05, 4.69) is 10.3 Å². The van der Waals surface area contributed by atoms with E-state index >= 15 is 0 Å². The first-order valence-electron chi connectivity index (χ1n) is 2.97. The highest BCUT2D eigenvalue weighted by Gasteiger charge is 1.91. The van der Waals surface area contributed by atoms with Crippen molar-refractivity contribution in [2.45, 2.75) is 6.92 Å². The lowest BCUT2D eigenvalue weighted by Crippen LogP contribution is -2.06. The average molecular weight is 173 g/mol. The average Bonchev–Trinajstić information content (AvgIpc) is 1.88. The molecular weight excluding hydrogens is 164 g/mol. The molecule has 11 heavy (non-hydrogen) atoms. The minimum atomic E-state index is -0.0984. The number of carbonyl (C=O) groups is 1. The van der Waals surface area contributed by atoms with Gasteiger partial charge in [0.2, 0.25) is 5.91 Å². The van der Waals surface area contributed by atoms with Crippen molar-refractivity contribution in [3.05, 3.63) is 24.4 Å². The maximum atomic E-state index is 10.5. The quantitative estimate of drug-likeness (QED) is 0.697. The second-order valence-corrected chi connectivity index (χ2v) is 1.90. The number of nitrogens with one attached hydrogen (secondary N) is 1. The fourth-order valence-corrected chi connectivity index (χ4v) is 0.617. The van der Waals surface area contributed by atoms with E-state index in [0.29, 0.717) is 5.82 Å². The number of carbonyl (C=O) groups excluding carboxylic acids is 1. The molecule has 3 nitrogen and oxygen atoms in total. The van der Waals surface area contributed by atoms with E-state index in [1.165, 1.54) is 6.92 Å². The highest BCUT2D eigenvalue weighted by atomic mass is 35.5. The lowest BCUT2D eigenvalue weighted by Gasteiger charge is -1.96. The summed E-state index contributed by atoms with van der Waals surface area (Å²) < 4.78 is 0. The van der Waals surface area contributed by atoms with Crippen LogP contribution in [0.3, 0.4) is 0 Å². The minimum Gasteiger partial charge on any atom is -0.311 e. The van der Waals surface area contributed by atoms with Gasteiger partial charge in [-0.1, -0.05) is 6.07 Å². The number of hydrogen-bond acceptors (Lipinski definition) is 2. The molecule has 0 spiro atoms. The van der Waals surface area contributed by atoms with Crippen molar-refractivity contribution in [2.24, 2.45) is 0 Å². The molecule has 0 aromatic carbocycles. The Balaban J connectivity index is 0.000001000. The van der Waals surface area contributed by atoms with Crippen LogP contribution in [0.1, 0.15) is 6.92 Å². The minimum absolute atomic E-state index is 0. The van der Waals surface area contributed by atoms with Gasteiger partial charge in [0.05, 0.1) is 0 Å². The fourth-order valence-electron chi connectivity index (χ4n) is 0.617. The van der Waals surface area contributed by atoms with Crippen LogP contribution in [0.5, 0.6) is 0 Å². The molecule has 1 amide bonds. The Morgan fingerprint density at radius 2 is 2.27 bits per heavy atom. The third-order valence-electron chi connectivity index (χ3n) is 0.969. The number of rotatable bonds is 1. The Hall–Kier alpha value is -1.09. The van der Waals surface area contributed by atoms with E-state index in [1.54, 1.807) is 18.3 Å². The maximum Gasteiger partial charge on any atom is 0.222 e. The van der Waals surface area contributed by atoms with Gasteiger partial charge in [0, 0.05) is 13.1 Å². The number of halogens is 1. The summed E-state index contributed by atoms with van der Waals surface area (Å²) in [5.41, 5.74) is 0. The van der Waals surface area contributed by atoms with Crippen LogP contribution in [0.2, 0.25) is 0 Å². The number of anilines is 1. The zero-order chi connectivity index (χ0) is 7.40. The number of pyridine rings is 1. The van der Waals surface area contributed by atoms with Crippen LogP contribution < -0.4 is 5.32 Å². The molecule has 0 bridgehead atoms. The van der Waals surface area contributed by atoms with Crippen LogP contribution in [-0.2, 0) is 4.79 Å². The van der Waals surface area contributed by atoms with Gasteiger partial charge in [-0.15, -0.1) is 12.4 Å². The van der Waals surface area contributed by atoms with E-state index in [-0.39, 0.29) is 18.3 Å². The zero-order valence-corrected chi connectivity index (χ0v) is 6.89. The number of aromatic nitrogens is 1. The molecule has 0 aliphatic rings. The molecule has 0 radical (unpaired) electrons. The first kappa shape index (κ1) is 9.91. The van der Waals surface area contributed by atoms with Crippen molar-refractivity contribution in [3.63, 3.8) is 0 Å². The lowest BCUT2D eigenvalue weighted by molar-refractivity contribution is -0.114. The van der Waals surface area contributed by atoms with Gasteiger partial charge in [-0.25, -0.2) is 4.98 Å². The molecule has 0 aliphatic heterocycles. The molecule has 0 saturated heterocycles. The molecule has 0 atom stereocenters. The Labute approximate surface area is 71.2 Å². The van der Waals surface area contributed by atoms with Crippen molar-refractivity contribution in [1.29, 1.82) is 0 Å². The third kappa shape index (κ3) is 3.57. The van der Waals surface area contributed by atoms with Crippen LogP contribution >= 0.6 is 12.4 Å². The van der Waals surface area contributed by atoms with Crippen LogP contribution in [0.25, 0.3) is 0 Å². The van der Waals surface area contributed by atoms with Gasteiger partial charge in [-0.3, -0.25) is 4.79 Å². The van der Waals surface area contributed by atoms with Crippen LogP contribution in [-0.4, -0.2) is 10.9 Å². The summed E-state index contributed by atoms with van der Waals surface area (Å²) in [5, 5.41) is 2.55. The summed E-state index contributed by atoms with van der Waals surface area (Å²) in [6, 6.07) is 5.35. The van der Waals surface area contributed by atoms with Crippen LogP contribution in [0, 0.1) is 0 Å². The monoisotopic (exact) mass is 172 g/mol. The molecule has 60 valence electrons. The molecule has 4 heteroatoms. The standard InChI is InChI=1S/C7H8N2O.ClH/c1-6(10)9-7-4-2-3-5-8-7;/h2-5H,1H3,(H,8,9,10);1H. The largest absolute Gasteiger partial charge is 0.311 e. The van der Waals surface area contributed by atoms with Crippen molar-refractivity contribution in [2.75, 3.05) is 5.32 Å². The second-order valence-electron chi connectivity index (χ2n) is 1.90. The van der Waals surface area contributed by atoms with Gasteiger partial charge in [0.25, 0.3) is 0 Å². The van der Waals surface area contributed by atoms with Crippen LogP contribution in [0.4, 0.5) is 5.82 Å². The normalized spacial score (nSPS) is 8.09. The van der Waals surface area contributed by atoms with Crippen molar-refractivity contribution >= 4 is 24.1 Å². The van der Waals surface area contributed by atoms with Crippen LogP contribution in [0.15, 0.2) is 24.4 Å². The molecular formula is C7H9ClN2O. The molecule has 1 rings (SSSR count). The van der Waals surface area contributed by atoms with Gasteiger partial charge < -0.3 is 5.32 Å². The zero-order valence-electron chi connectivity index (χ0n) is 6.07. The Morgan fingerprint density at radius 1 is 1.55 bits per heavy atom. The van der Waals surface area contributed by atoms with Crippen molar-refractivity contribution in [3.8, 4) is 0 Å². The van der Waals surface area contributed by atoms with E-state index in [9.17, 15) is 4.79 Å². The van der Waals surface area contributed by atoms with E-state index in [4.69, 9.17) is 0 Å². The molecule has 0 unspecified atom stereocenters. The fraction of sp³-hybridized carbons (Fsp3) is 0.143. The summed E-state index contributed by atoms with van der Waals surface area (Å²) in [5.74, 6) is 0.494. The van der Waals surface area contributed by atoms with Gasteiger partial charge in [-0.2, -0.15) is 0 Å². The Morgan fingerprint density at radius 3 is 2.73 bits per heavy atom. The maximum absolute atomic E-state index is 10.5. The molecule has 1 N–H and O–H groups in total. The topological polar surface area (TPSA) is 42.0 Å².